The molecule has 0 aliphatic heterocycles. The molecule has 1 aromatic rings. The average molecular weight is 268 g/mol. The maximum atomic E-state index is 13.7. The Kier molecular flexibility index (Phi) is 5.44. The molecule has 1 amide bonds. The Morgan fingerprint density at radius 3 is 2.68 bits per heavy atom. The summed E-state index contributed by atoms with van der Waals surface area (Å²) in [6.45, 7) is 7.49. The van der Waals surface area contributed by atoms with E-state index in [4.69, 9.17) is 10.5 Å². The lowest BCUT2D eigenvalue weighted by Gasteiger charge is -2.25. The lowest BCUT2D eigenvalue weighted by atomic mass is 10.1. The Morgan fingerprint density at radius 2 is 2.16 bits per heavy atom. The van der Waals surface area contributed by atoms with Crippen LogP contribution >= 0.6 is 0 Å². The minimum atomic E-state index is -0.629. The molecule has 0 aliphatic carbocycles. The molecule has 0 saturated heterocycles. The van der Waals surface area contributed by atoms with Crippen molar-refractivity contribution in [3.63, 3.8) is 0 Å². The number of nitrogens with one attached hydrogen (secondary N) is 1. The van der Waals surface area contributed by atoms with Gasteiger partial charge in [0.1, 0.15) is 5.82 Å². The van der Waals surface area contributed by atoms with Crippen LogP contribution in [0.5, 0.6) is 0 Å². The zero-order valence-electron chi connectivity index (χ0n) is 11.6. The third-order valence-electron chi connectivity index (χ3n) is 2.74. The second-order valence-corrected chi connectivity index (χ2v) is 4.97. The van der Waals surface area contributed by atoms with E-state index in [1.165, 1.54) is 6.07 Å². The molecule has 0 spiro atoms. The lowest BCUT2D eigenvalue weighted by molar-refractivity contribution is -0.00901. The fourth-order valence-electron chi connectivity index (χ4n) is 1.78. The number of ether oxygens (including phenoxy) is 1. The smallest absolute Gasteiger partial charge is 0.248 e. The summed E-state index contributed by atoms with van der Waals surface area (Å²) in [5.74, 6) is -1.06. The highest BCUT2D eigenvalue weighted by molar-refractivity contribution is 5.92. The van der Waals surface area contributed by atoms with E-state index in [1.807, 2.05) is 20.8 Å². The summed E-state index contributed by atoms with van der Waals surface area (Å²) < 4.78 is 19.2. The molecule has 4 nitrogen and oxygen atoms in total. The zero-order valence-corrected chi connectivity index (χ0v) is 11.6. The highest BCUT2D eigenvalue weighted by Gasteiger charge is 2.17. The highest BCUT2D eigenvalue weighted by atomic mass is 19.1. The normalized spacial score (nSPS) is 11.6. The van der Waals surface area contributed by atoms with Gasteiger partial charge in [-0.05, 0) is 32.9 Å². The van der Waals surface area contributed by atoms with Crippen molar-refractivity contribution in [3.8, 4) is 0 Å². The molecule has 19 heavy (non-hydrogen) atoms. The molecule has 0 atom stereocenters. The van der Waals surface area contributed by atoms with Crippen molar-refractivity contribution in [1.29, 1.82) is 0 Å². The predicted octanol–water partition coefficient (Wildman–Crippen LogP) is 1.83. The highest BCUT2D eigenvalue weighted by Crippen LogP contribution is 2.11. The molecule has 0 saturated carbocycles. The Balaban J connectivity index is 2.57. The van der Waals surface area contributed by atoms with Gasteiger partial charge < -0.3 is 15.8 Å². The number of halogens is 1. The molecule has 3 N–H and O–H groups in total. The van der Waals surface area contributed by atoms with Crippen molar-refractivity contribution in [2.75, 3.05) is 13.2 Å². The standard InChI is InChI=1S/C14H21FN2O2/c1-4-19-14(2,3)9-17-8-11-6-5-10(13(16)18)7-12(11)15/h5-7,17H,4,8-9H2,1-3H3,(H2,16,18). The first kappa shape index (κ1) is 15.6. The first-order valence-corrected chi connectivity index (χ1v) is 6.28. The van der Waals surface area contributed by atoms with Crippen LogP contribution in [0.1, 0.15) is 36.7 Å². The van der Waals surface area contributed by atoms with E-state index >= 15 is 0 Å². The predicted molar refractivity (Wildman–Crippen MR) is 72.3 cm³/mol. The molecule has 0 aliphatic rings. The number of primary amides is 1. The van der Waals surface area contributed by atoms with Gasteiger partial charge in [0.05, 0.1) is 5.60 Å². The topological polar surface area (TPSA) is 64.3 Å². The second kappa shape index (κ2) is 6.63. The van der Waals surface area contributed by atoms with Crippen molar-refractivity contribution < 1.29 is 13.9 Å². The lowest BCUT2D eigenvalue weighted by Crippen LogP contribution is -2.37. The number of amides is 1. The van der Waals surface area contributed by atoms with Crippen molar-refractivity contribution in [1.82, 2.24) is 5.32 Å². The van der Waals surface area contributed by atoms with Gasteiger partial charge in [-0.1, -0.05) is 6.07 Å². The zero-order chi connectivity index (χ0) is 14.5. The van der Waals surface area contributed by atoms with Crippen LogP contribution < -0.4 is 11.1 Å². The summed E-state index contributed by atoms with van der Waals surface area (Å²) in [5.41, 5.74) is 5.47. The van der Waals surface area contributed by atoms with E-state index in [2.05, 4.69) is 5.32 Å². The minimum Gasteiger partial charge on any atom is -0.375 e. The Labute approximate surface area is 113 Å². The van der Waals surface area contributed by atoms with Gasteiger partial charge in [0.25, 0.3) is 0 Å². The number of carbonyl (C=O) groups is 1. The summed E-state index contributed by atoms with van der Waals surface area (Å²) in [4.78, 5) is 10.9. The Morgan fingerprint density at radius 1 is 1.47 bits per heavy atom. The van der Waals surface area contributed by atoms with Gasteiger partial charge in [-0.15, -0.1) is 0 Å². The molecule has 0 unspecified atom stereocenters. The SMILES string of the molecule is CCOC(C)(C)CNCc1ccc(C(N)=O)cc1F. The summed E-state index contributed by atoms with van der Waals surface area (Å²) in [6.07, 6.45) is 0. The first-order valence-electron chi connectivity index (χ1n) is 6.28. The van der Waals surface area contributed by atoms with Crippen LogP contribution in [0.2, 0.25) is 0 Å². The molecule has 1 aromatic carbocycles. The van der Waals surface area contributed by atoms with Crippen molar-refractivity contribution >= 4 is 5.91 Å². The first-order chi connectivity index (χ1) is 8.85. The number of hydrogen-bond donors (Lipinski definition) is 2. The van der Waals surface area contributed by atoms with Crippen LogP contribution in [0.25, 0.3) is 0 Å². The molecule has 0 aromatic heterocycles. The molecule has 5 heteroatoms. The van der Waals surface area contributed by atoms with E-state index in [1.54, 1.807) is 6.07 Å². The van der Waals surface area contributed by atoms with E-state index in [9.17, 15) is 9.18 Å². The minimum absolute atomic E-state index is 0.177. The summed E-state index contributed by atoms with van der Waals surface area (Å²) in [5, 5.41) is 3.14. The molecule has 0 heterocycles. The van der Waals surface area contributed by atoms with Crippen LogP contribution in [0.4, 0.5) is 4.39 Å². The van der Waals surface area contributed by atoms with Gasteiger partial charge in [-0.3, -0.25) is 4.79 Å². The summed E-state index contributed by atoms with van der Waals surface area (Å²) in [7, 11) is 0. The fourth-order valence-corrected chi connectivity index (χ4v) is 1.78. The van der Waals surface area contributed by atoms with Gasteiger partial charge >= 0.3 is 0 Å². The Bertz CT molecular complexity index is 447. The summed E-state index contributed by atoms with van der Waals surface area (Å²) >= 11 is 0. The molecule has 1 rings (SSSR count). The van der Waals surface area contributed by atoms with Gasteiger partial charge in [-0.25, -0.2) is 4.39 Å². The van der Waals surface area contributed by atoms with Crippen LogP contribution in [0.15, 0.2) is 18.2 Å². The third-order valence-corrected chi connectivity index (χ3v) is 2.74. The molecule has 0 bridgehead atoms. The molecule has 106 valence electrons. The monoisotopic (exact) mass is 268 g/mol. The van der Waals surface area contributed by atoms with Gasteiger partial charge in [-0.2, -0.15) is 0 Å². The van der Waals surface area contributed by atoms with Crippen molar-refractivity contribution in [2.24, 2.45) is 5.73 Å². The van der Waals surface area contributed by atoms with Crippen LogP contribution in [-0.2, 0) is 11.3 Å². The largest absolute Gasteiger partial charge is 0.375 e. The van der Waals surface area contributed by atoms with Gasteiger partial charge in [0, 0.05) is 30.8 Å². The number of rotatable bonds is 7. The van der Waals surface area contributed by atoms with Crippen LogP contribution in [0.3, 0.4) is 0 Å². The quantitative estimate of drug-likeness (QED) is 0.793. The van der Waals surface area contributed by atoms with Gasteiger partial charge in [0.2, 0.25) is 5.91 Å². The van der Waals surface area contributed by atoms with E-state index in [-0.39, 0.29) is 11.2 Å². The van der Waals surface area contributed by atoms with Gasteiger partial charge in [0.15, 0.2) is 0 Å². The summed E-state index contributed by atoms with van der Waals surface area (Å²) in [6, 6.07) is 4.25. The number of nitrogens with two attached hydrogens (primary N) is 1. The average Bonchev–Trinajstić information content (AvgIpc) is 2.30. The van der Waals surface area contributed by atoms with Crippen molar-refractivity contribution in [2.45, 2.75) is 32.9 Å². The van der Waals surface area contributed by atoms with Crippen LogP contribution in [0, 0.1) is 5.82 Å². The van der Waals surface area contributed by atoms with Crippen molar-refractivity contribution in [3.05, 3.63) is 35.1 Å². The maximum Gasteiger partial charge on any atom is 0.248 e. The Hall–Kier alpha value is -1.46. The fraction of sp³-hybridized carbons (Fsp3) is 0.500. The molecule has 0 fully saturated rings. The number of carbonyl (C=O) groups excluding carboxylic acids is 1. The van der Waals surface area contributed by atoms with Crippen LogP contribution in [-0.4, -0.2) is 24.7 Å². The van der Waals surface area contributed by atoms with E-state index < -0.39 is 11.7 Å². The molecule has 0 radical (unpaired) electrons. The van der Waals surface area contributed by atoms with E-state index in [0.29, 0.717) is 25.3 Å². The number of hydrogen-bond acceptors (Lipinski definition) is 3. The maximum absolute atomic E-state index is 13.7. The third kappa shape index (κ3) is 4.96. The molecular formula is C14H21FN2O2. The van der Waals surface area contributed by atoms with E-state index in [0.717, 1.165) is 6.07 Å². The second-order valence-electron chi connectivity index (χ2n) is 4.97. The number of benzene rings is 1. The molecular weight excluding hydrogens is 247 g/mol.